The number of Topliss-reactive ketones (excluding diaryl/α,β-unsaturated/α-hetero) is 1. The lowest BCUT2D eigenvalue weighted by Crippen LogP contribution is -2.34. The van der Waals surface area contributed by atoms with Crippen LogP contribution in [0.2, 0.25) is 0 Å². The summed E-state index contributed by atoms with van der Waals surface area (Å²) >= 11 is 0. The number of hydrogen-bond acceptors (Lipinski definition) is 6. The molecule has 7 heteroatoms. The molecule has 2 bridgehead atoms. The number of ketones is 1. The van der Waals surface area contributed by atoms with Gasteiger partial charge in [0, 0.05) is 11.1 Å². The van der Waals surface area contributed by atoms with Crippen LogP contribution in [0.3, 0.4) is 0 Å². The number of fused-ring (bicyclic) bond motifs is 5. The maximum absolute atomic E-state index is 13.6. The summed E-state index contributed by atoms with van der Waals surface area (Å²) in [6.45, 7) is 0. The molecule has 2 saturated carbocycles. The Morgan fingerprint density at radius 3 is 2.05 bits per heavy atom. The first-order valence-electron chi connectivity index (χ1n) is 12.9. The molecular formula is C31H27NO6. The molecule has 2 amide bonds. The molecule has 3 fully saturated rings. The predicted molar refractivity (Wildman–Crippen MR) is 139 cm³/mol. The number of ether oxygens (including phenoxy) is 2. The molecule has 0 unspecified atom stereocenters. The van der Waals surface area contributed by atoms with Crippen molar-refractivity contribution in [1.82, 2.24) is 0 Å². The van der Waals surface area contributed by atoms with Crippen LogP contribution in [0, 0.1) is 23.7 Å². The Morgan fingerprint density at radius 1 is 0.816 bits per heavy atom. The van der Waals surface area contributed by atoms with Crippen molar-refractivity contribution in [2.45, 2.75) is 25.4 Å². The summed E-state index contributed by atoms with van der Waals surface area (Å²) < 4.78 is 11.0. The lowest BCUT2D eigenvalue weighted by atomic mass is 9.81. The number of carbonyl (C=O) groups excluding carboxylic acids is 4. The van der Waals surface area contributed by atoms with Crippen molar-refractivity contribution in [2.24, 2.45) is 23.7 Å². The first-order chi connectivity index (χ1) is 18.5. The van der Waals surface area contributed by atoms with Crippen LogP contribution in [0.1, 0.15) is 51.6 Å². The van der Waals surface area contributed by atoms with Gasteiger partial charge in [-0.1, -0.05) is 42.5 Å². The van der Waals surface area contributed by atoms with Crippen LogP contribution in [-0.2, 0) is 14.3 Å². The van der Waals surface area contributed by atoms with Crippen LogP contribution in [0.25, 0.3) is 0 Å². The third kappa shape index (κ3) is 3.90. The summed E-state index contributed by atoms with van der Waals surface area (Å²) in [5, 5.41) is 0. The monoisotopic (exact) mass is 509 g/mol. The molecular weight excluding hydrogens is 482 g/mol. The van der Waals surface area contributed by atoms with Gasteiger partial charge in [-0.05, 0) is 67.5 Å². The Kier molecular flexibility index (Phi) is 6.06. The lowest BCUT2D eigenvalue weighted by molar-refractivity contribution is -0.123. The highest BCUT2D eigenvalue weighted by Gasteiger charge is 2.61. The first kappa shape index (κ1) is 24.1. The fourth-order valence-electron chi connectivity index (χ4n) is 6.47. The first-order valence-corrected chi connectivity index (χ1v) is 12.9. The second kappa shape index (κ2) is 9.56. The molecule has 3 aliphatic rings. The van der Waals surface area contributed by atoms with Crippen molar-refractivity contribution in [3.8, 4) is 5.75 Å². The number of para-hydroxylation sites is 1. The minimum Gasteiger partial charge on any atom is -0.497 e. The van der Waals surface area contributed by atoms with Gasteiger partial charge in [-0.3, -0.25) is 14.4 Å². The zero-order valence-corrected chi connectivity index (χ0v) is 20.9. The van der Waals surface area contributed by atoms with Gasteiger partial charge in [-0.2, -0.15) is 0 Å². The van der Waals surface area contributed by atoms with Crippen molar-refractivity contribution in [3.63, 3.8) is 0 Å². The summed E-state index contributed by atoms with van der Waals surface area (Å²) in [4.78, 5) is 55.2. The number of anilines is 1. The fourth-order valence-corrected chi connectivity index (χ4v) is 6.47. The van der Waals surface area contributed by atoms with Crippen LogP contribution in [-0.4, -0.2) is 30.7 Å². The van der Waals surface area contributed by atoms with Crippen LogP contribution in [0.4, 0.5) is 5.69 Å². The maximum Gasteiger partial charge on any atom is 0.341 e. The fraction of sp³-hybridized carbons (Fsp3) is 0.290. The van der Waals surface area contributed by atoms with Gasteiger partial charge in [0.15, 0.2) is 6.10 Å². The van der Waals surface area contributed by atoms with E-state index in [4.69, 9.17) is 9.47 Å². The second-order valence-electron chi connectivity index (χ2n) is 10.2. The van der Waals surface area contributed by atoms with Gasteiger partial charge < -0.3 is 9.47 Å². The van der Waals surface area contributed by atoms with Crippen molar-refractivity contribution in [3.05, 3.63) is 95.6 Å². The summed E-state index contributed by atoms with van der Waals surface area (Å²) in [6.07, 6.45) is 1.64. The number of nitrogens with zero attached hydrogens (tertiary/aromatic N) is 1. The number of esters is 1. The Bertz CT molecular complexity index is 1390. The molecule has 6 rings (SSSR count). The molecule has 0 radical (unpaired) electrons. The Labute approximate surface area is 220 Å². The van der Waals surface area contributed by atoms with Gasteiger partial charge in [-0.15, -0.1) is 0 Å². The minimum absolute atomic E-state index is 0.0741. The van der Waals surface area contributed by atoms with E-state index in [1.54, 1.807) is 66.7 Å². The third-order valence-electron chi connectivity index (χ3n) is 8.23. The van der Waals surface area contributed by atoms with E-state index in [0.717, 1.165) is 19.3 Å². The van der Waals surface area contributed by atoms with Gasteiger partial charge in [-0.25, -0.2) is 9.69 Å². The minimum atomic E-state index is -1.22. The molecule has 0 N–H and O–H groups in total. The smallest absolute Gasteiger partial charge is 0.341 e. The molecule has 2 aliphatic carbocycles. The Balaban J connectivity index is 1.32. The molecule has 1 saturated heterocycles. The van der Waals surface area contributed by atoms with Crippen LogP contribution >= 0.6 is 0 Å². The van der Waals surface area contributed by atoms with Gasteiger partial charge in [0.25, 0.3) is 0 Å². The van der Waals surface area contributed by atoms with E-state index >= 15 is 0 Å². The number of benzene rings is 3. The lowest BCUT2D eigenvalue weighted by Gasteiger charge is -2.22. The average Bonchev–Trinajstić information content (AvgIpc) is 3.65. The molecule has 1 heterocycles. The summed E-state index contributed by atoms with van der Waals surface area (Å²) in [7, 11) is 1.54. The summed E-state index contributed by atoms with van der Waals surface area (Å²) in [5.74, 6) is -1.20. The normalized spacial score (nSPS) is 24.3. The van der Waals surface area contributed by atoms with Crippen molar-refractivity contribution in [2.75, 3.05) is 12.0 Å². The standard InChI is InChI=1S/C31H27NO6/c1-37-22-15-13-18(14-16-22)27(33)28(19-7-3-2-4-8-19)38-31(36)23-9-5-6-10-24(23)32-29(34)25-20-11-12-21(17-20)26(25)30(32)35/h2-10,13-16,20-21,25-26,28H,11-12,17H2,1H3/t20-,21+,25-,26+,28-/m0/s1. The Hall–Kier alpha value is -4.26. The van der Waals surface area contributed by atoms with Crippen molar-refractivity contribution >= 4 is 29.3 Å². The van der Waals surface area contributed by atoms with Crippen LogP contribution in [0.15, 0.2) is 78.9 Å². The zero-order valence-electron chi connectivity index (χ0n) is 20.9. The highest BCUT2D eigenvalue weighted by Crippen LogP contribution is 2.56. The molecule has 0 aromatic heterocycles. The molecule has 7 nitrogen and oxygen atoms in total. The number of carbonyl (C=O) groups is 4. The quantitative estimate of drug-likeness (QED) is 0.253. The number of imide groups is 1. The predicted octanol–water partition coefficient (Wildman–Crippen LogP) is 5.01. The van der Waals surface area contributed by atoms with Gasteiger partial charge in [0.2, 0.25) is 17.6 Å². The second-order valence-corrected chi connectivity index (χ2v) is 10.2. The average molecular weight is 510 g/mol. The van der Waals surface area contributed by atoms with E-state index in [-0.39, 0.29) is 46.7 Å². The van der Waals surface area contributed by atoms with E-state index in [9.17, 15) is 19.2 Å². The highest BCUT2D eigenvalue weighted by atomic mass is 16.5. The maximum atomic E-state index is 13.6. The van der Waals surface area contributed by atoms with E-state index in [1.807, 2.05) is 6.07 Å². The highest BCUT2D eigenvalue weighted by molar-refractivity contribution is 6.24. The number of amides is 2. The van der Waals surface area contributed by atoms with Gasteiger partial charge in [0.05, 0.1) is 30.2 Å². The SMILES string of the molecule is COc1ccc(C(=O)[C@@H](OC(=O)c2ccccc2N2C(=O)[C@@H]3[C@@H]4CC[C@@H](C4)[C@@H]3C2=O)c2ccccc2)cc1. The van der Waals surface area contributed by atoms with E-state index in [0.29, 0.717) is 16.9 Å². The molecule has 0 spiro atoms. The third-order valence-corrected chi connectivity index (χ3v) is 8.23. The topological polar surface area (TPSA) is 90.0 Å². The molecule has 38 heavy (non-hydrogen) atoms. The van der Waals surface area contributed by atoms with E-state index < -0.39 is 17.9 Å². The van der Waals surface area contributed by atoms with E-state index in [1.165, 1.54) is 18.1 Å². The Morgan fingerprint density at radius 2 is 1.42 bits per heavy atom. The largest absolute Gasteiger partial charge is 0.497 e. The molecule has 1 aliphatic heterocycles. The van der Waals surface area contributed by atoms with Crippen LogP contribution < -0.4 is 9.64 Å². The van der Waals surface area contributed by atoms with Crippen molar-refractivity contribution < 1.29 is 28.7 Å². The molecule has 3 aromatic carbocycles. The number of methoxy groups -OCH3 is 1. The van der Waals surface area contributed by atoms with Crippen LogP contribution in [0.5, 0.6) is 5.75 Å². The van der Waals surface area contributed by atoms with Gasteiger partial charge in [0.1, 0.15) is 5.75 Å². The molecule has 3 aromatic rings. The van der Waals surface area contributed by atoms with Gasteiger partial charge >= 0.3 is 5.97 Å². The summed E-state index contributed by atoms with van der Waals surface area (Å²) in [5.41, 5.74) is 1.16. The molecule has 192 valence electrons. The summed E-state index contributed by atoms with van der Waals surface area (Å²) in [6, 6.07) is 21.8. The zero-order chi connectivity index (χ0) is 26.4. The van der Waals surface area contributed by atoms with Crippen molar-refractivity contribution in [1.29, 1.82) is 0 Å². The number of hydrogen-bond donors (Lipinski definition) is 0. The van der Waals surface area contributed by atoms with E-state index in [2.05, 4.69) is 0 Å². The number of rotatable bonds is 7. The molecule has 5 atom stereocenters.